The van der Waals surface area contributed by atoms with E-state index in [1.165, 1.54) is 10.9 Å². The Morgan fingerprint density at radius 3 is 3.04 bits per heavy atom. The molecule has 0 radical (unpaired) electrons. The molecule has 2 aromatic heterocycles. The number of hydrogen-bond donors (Lipinski definition) is 2. The summed E-state index contributed by atoms with van der Waals surface area (Å²) in [5, 5.41) is 8.76. The molecule has 1 atom stereocenters. The molecule has 3 aromatic rings. The quantitative estimate of drug-likeness (QED) is 0.654. The topological polar surface area (TPSA) is 74.2 Å². The highest BCUT2D eigenvalue weighted by atomic mass is 35.5. The van der Waals surface area contributed by atoms with Crippen LogP contribution in [0, 0.1) is 5.92 Å². The minimum atomic E-state index is 0.0505. The van der Waals surface area contributed by atoms with Crippen LogP contribution in [0.4, 0.5) is 0 Å². The predicted molar refractivity (Wildman–Crippen MR) is 109 cm³/mol. The zero-order valence-corrected chi connectivity index (χ0v) is 16.9. The van der Waals surface area contributed by atoms with Crippen LogP contribution in [-0.4, -0.2) is 34.0 Å². The molecule has 28 heavy (non-hydrogen) atoms. The van der Waals surface area contributed by atoms with E-state index >= 15 is 0 Å². The Kier molecular flexibility index (Phi) is 5.42. The van der Waals surface area contributed by atoms with Crippen LogP contribution in [0.25, 0.3) is 10.9 Å². The lowest BCUT2D eigenvalue weighted by molar-refractivity contribution is -0.133. The minimum Gasteiger partial charge on any atom is -0.360 e. The largest absolute Gasteiger partial charge is 0.360 e. The standard InChI is InChI=1S/C21H25ClN4O2/c1-13(2)9-19-21-16(17-10-14(22)3-4-18(17)25-21)6-8-26(19)20(27)12-23-11-15-5-7-24-28-15/h3-5,7,10,13,19,23,25H,6,8-9,11-12H2,1-2H3. The number of aromatic nitrogens is 2. The first-order chi connectivity index (χ1) is 13.5. The molecule has 1 amide bonds. The van der Waals surface area contributed by atoms with Gasteiger partial charge in [0.2, 0.25) is 5.91 Å². The molecule has 0 aliphatic carbocycles. The second-order valence-electron chi connectivity index (χ2n) is 7.77. The van der Waals surface area contributed by atoms with Crippen molar-refractivity contribution in [1.29, 1.82) is 0 Å². The van der Waals surface area contributed by atoms with Crippen LogP contribution < -0.4 is 5.32 Å². The summed E-state index contributed by atoms with van der Waals surface area (Å²) in [5.74, 6) is 1.30. The van der Waals surface area contributed by atoms with Crippen molar-refractivity contribution >= 4 is 28.4 Å². The maximum absolute atomic E-state index is 13.0. The van der Waals surface area contributed by atoms with Crippen LogP contribution in [0.1, 0.15) is 43.3 Å². The van der Waals surface area contributed by atoms with Gasteiger partial charge in [-0.15, -0.1) is 0 Å². The predicted octanol–water partition coefficient (Wildman–Crippen LogP) is 4.07. The third kappa shape index (κ3) is 3.80. The molecule has 1 aliphatic heterocycles. The van der Waals surface area contributed by atoms with E-state index in [4.69, 9.17) is 16.1 Å². The van der Waals surface area contributed by atoms with Crippen LogP contribution in [-0.2, 0) is 17.8 Å². The average Bonchev–Trinajstić information content (AvgIpc) is 3.29. The monoisotopic (exact) mass is 400 g/mol. The number of nitrogens with zero attached hydrogens (tertiary/aromatic N) is 2. The number of hydrogen-bond acceptors (Lipinski definition) is 4. The molecule has 0 saturated carbocycles. The summed E-state index contributed by atoms with van der Waals surface area (Å²) in [5.41, 5.74) is 3.53. The van der Waals surface area contributed by atoms with Crippen molar-refractivity contribution in [2.24, 2.45) is 5.92 Å². The van der Waals surface area contributed by atoms with Gasteiger partial charge in [0, 0.05) is 34.2 Å². The van der Waals surface area contributed by atoms with Gasteiger partial charge in [-0.1, -0.05) is 30.6 Å². The van der Waals surface area contributed by atoms with E-state index in [-0.39, 0.29) is 18.5 Å². The van der Waals surface area contributed by atoms with E-state index in [2.05, 4.69) is 29.3 Å². The van der Waals surface area contributed by atoms with Crippen molar-refractivity contribution in [1.82, 2.24) is 20.4 Å². The smallest absolute Gasteiger partial charge is 0.237 e. The first-order valence-electron chi connectivity index (χ1n) is 9.72. The van der Waals surface area contributed by atoms with Crippen LogP contribution in [0.15, 0.2) is 35.0 Å². The minimum absolute atomic E-state index is 0.0505. The number of aromatic amines is 1. The van der Waals surface area contributed by atoms with E-state index in [1.807, 2.05) is 23.1 Å². The Morgan fingerprint density at radius 2 is 2.29 bits per heavy atom. The number of amides is 1. The van der Waals surface area contributed by atoms with Gasteiger partial charge in [0.15, 0.2) is 0 Å². The Balaban J connectivity index is 1.56. The number of H-pyrrole nitrogens is 1. The zero-order valence-electron chi connectivity index (χ0n) is 16.2. The van der Waals surface area contributed by atoms with Gasteiger partial charge in [0.1, 0.15) is 5.76 Å². The first kappa shape index (κ1) is 19.0. The van der Waals surface area contributed by atoms with Crippen molar-refractivity contribution in [2.75, 3.05) is 13.1 Å². The van der Waals surface area contributed by atoms with Crippen LogP contribution in [0.5, 0.6) is 0 Å². The van der Waals surface area contributed by atoms with E-state index in [0.717, 1.165) is 34.8 Å². The molecule has 0 bridgehead atoms. The average molecular weight is 401 g/mol. The fourth-order valence-electron chi connectivity index (χ4n) is 4.06. The fourth-order valence-corrected chi connectivity index (χ4v) is 4.23. The Bertz CT molecular complexity index is 964. The molecule has 1 aromatic carbocycles. The van der Waals surface area contributed by atoms with Crippen molar-refractivity contribution < 1.29 is 9.32 Å². The molecule has 4 rings (SSSR count). The van der Waals surface area contributed by atoms with Crippen molar-refractivity contribution in [2.45, 2.75) is 39.3 Å². The summed E-state index contributed by atoms with van der Waals surface area (Å²) >= 11 is 6.22. The molecule has 0 spiro atoms. The number of benzene rings is 1. The van der Waals surface area contributed by atoms with Crippen LogP contribution in [0.2, 0.25) is 5.02 Å². The van der Waals surface area contributed by atoms with Crippen LogP contribution in [0.3, 0.4) is 0 Å². The number of nitrogens with one attached hydrogen (secondary N) is 2. The lowest BCUT2D eigenvalue weighted by Gasteiger charge is -2.37. The van der Waals surface area contributed by atoms with Gasteiger partial charge in [-0.3, -0.25) is 4.79 Å². The van der Waals surface area contributed by atoms with E-state index in [9.17, 15) is 4.79 Å². The summed E-state index contributed by atoms with van der Waals surface area (Å²) < 4.78 is 5.07. The summed E-state index contributed by atoms with van der Waals surface area (Å²) in [7, 11) is 0. The normalized spacial score (nSPS) is 16.7. The van der Waals surface area contributed by atoms with E-state index in [0.29, 0.717) is 19.0 Å². The lowest BCUT2D eigenvalue weighted by Crippen LogP contribution is -2.44. The molecule has 1 unspecified atom stereocenters. The summed E-state index contributed by atoms with van der Waals surface area (Å²) in [6, 6.07) is 7.79. The van der Waals surface area contributed by atoms with Gasteiger partial charge in [-0.05, 0) is 42.5 Å². The van der Waals surface area contributed by atoms with Crippen LogP contribution >= 0.6 is 11.6 Å². The van der Waals surface area contributed by atoms with Gasteiger partial charge in [-0.2, -0.15) is 0 Å². The third-order valence-electron chi connectivity index (χ3n) is 5.30. The molecular weight excluding hydrogens is 376 g/mol. The SMILES string of the molecule is CC(C)CC1c2[nH]c3ccc(Cl)cc3c2CCN1C(=O)CNCc1ccno1. The number of fused-ring (bicyclic) bond motifs is 3. The highest BCUT2D eigenvalue weighted by Gasteiger charge is 2.33. The molecule has 6 nitrogen and oxygen atoms in total. The van der Waals surface area contributed by atoms with Gasteiger partial charge in [-0.25, -0.2) is 0 Å². The molecule has 7 heteroatoms. The summed E-state index contributed by atoms with van der Waals surface area (Å²) in [4.78, 5) is 18.6. The first-order valence-corrected chi connectivity index (χ1v) is 10.1. The fraction of sp³-hybridized carbons (Fsp3) is 0.429. The number of carbonyl (C=O) groups is 1. The summed E-state index contributed by atoms with van der Waals surface area (Å²) in [6.45, 7) is 5.87. The molecular formula is C21H25ClN4O2. The maximum Gasteiger partial charge on any atom is 0.237 e. The van der Waals surface area contributed by atoms with Gasteiger partial charge < -0.3 is 19.7 Å². The highest BCUT2D eigenvalue weighted by molar-refractivity contribution is 6.31. The van der Waals surface area contributed by atoms with Gasteiger partial charge in [0.25, 0.3) is 0 Å². The van der Waals surface area contributed by atoms with E-state index in [1.54, 1.807) is 12.3 Å². The van der Waals surface area contributed by atoms with Crippen molar-refractivity contribution in [3.8, 4) is 0 Å². The Morgan fingerprint density at radius 1 is 1.43 bits per heavy atom. The summed E-state index contributed by atoms with van der Waals surface area (Å²) in [6.07, 6.45) is 3.35. The zero-order chi connectivity index (χ0) is 19.7. The second kappa shape index (κ2) is 7.97. The highest BCUT2D eigenvalue weighted by Crippen LogP contribution is 2.38. The second-order valence-corrected chi connectivity index (χ2v) is 8.21. The third-order valence-corrected chi connectivity index (χ3v) is 5.53. The molecule has 148 valence electrons. The number of rotatable bonds is 6. The van der Waals surface area contributed by atoms with Gasteiger partial charge >= 0.3 is 0 Å². The Hall–Kier alpha value is -2.31. The molecule has 2 N–H and O–H groups in total. The molecule has 3 heterocycles. The van der Waals surface area contributed by atoms with Crippen molar-refractivity contribution in [3.05, 3.63) is 52.5 Å². The maximum atomic E-state index is 13.0. The van der Waals surface area contributed by atoms with Gasteiger partial charge in [0.05, 0.1) is 25.3 Å². The number of halogens is 1. The van der Waals surface area contributed by atoms with E-state index < -0.39 is 0 Å². The molecule has 0 fully saturated rings. The molecule has 1 aliphatic rings. The Labute approximate surface area is 169 Å². The lowest BCUT2D eigenvalue weighted by atomic mass is 9.91. The number of carbonyl (C=O) groups excluding carboxylic acids is 1. The molecule has 0 saturated heterocycles. The van der Waals surface area contributed by atoms with Crippen molar-refractivity contribution in [3.63, 3.8) is 0 Å².